The molecule has 0 spiro atoms. The van der Waals surface area contributed by atoms with Gasteiger partial charge in [-0.05, 0) is 47.9 Å². The van der Waals surface area contributed by atoms with Crippen LogP contribution in [0, 0.1) is 5.82 Å². The summed E-state index contributed by atoms with van der Waals surface area (Å²) in [4.78, 5) is 31.1. The predicted molar refractivity (Wildman–Crippen MR) is 138 cm³/mol. The molecule has 1 aliphatic heterocycles. The van der Waals surface area contributed by atoms with Crippen LogP contribution < -0.4 is 10.6 Å². The standard InChI is InChI=1S/C29H27FN2O6/c1-32(15-20-6-9-22(36-2)10-11-25(20)37-3)29(35)27-26(16-33)38-17-24-23(28(27)34)13-19(14-31-24)12-18-4-7-21(30)8-5-18/h4-10,13-14,16-17,34H,11-12,15H2,1-3H3. The van der Waals surface area contributed by atoms with Gasteiger partial charge in [0.2, 0.25) is 0 Å². The molecule has 0 bridgehead atoms. The largest absolute Gasteiger partial charge is 0.506 e. The van der Waals surface area contributed by atoms with E-state index in [-0.39, 0.29) is 34.3 Å². The molecule has 2 aromatic rings. The summed E-state index contributed by atoms with van der Waals surface area (Å²) in [6.45, 7) is 0.131. The Morgan fingerprint density at radius 1 is 1.18 bits per heavy atom. The van der Waals surface area contributed by atoms with Gasteiger partial charge in [-0.25, -0.2) is 4.39 Å². The third-order valence-electron chi connectivity index (χ3n) is 6.19. The second-order valence-corrected chi connectivity index (χ2v) is 8.68. The van der Waals surface area contributed by atoms with Gasteiger partial charge in [0.1, 0.15) is 40.3 Å². The van der Waals surface area contributed by atoms with Gasteiger partial charge in [0.25, 0.3) is 5.91 Å². The second kappa shape index (κ2) is 11.6. The van der Waals surface area contributed by atoms with E-state index in [1.165, 1.54) is 23.3 Å². The van der Waals surface area contributed by atoms with E-state index >= 15 is 0 Å². The number of aromatic nitrogens is 1. The number of halogens is 1. The molecular weight excluding hydrogens is 491 g/mol. The van der Waals surface area contributed by atoms with Crippen molar-refractivity contribution in [2.75, 3.05) is 27.8 Å². The molecule has 9 heteroatoms. The van der Waals surface area contributed by atoms with Crippen molar-refractivity contribution in [1.82, 2.24) is 9.88 Å². The summed E-state index contributed by atoms with van der Waals surface area (Å²) in [6.07, 6.45) is 9.49. The van der Waals surface area contributed by atoms with Crippen molar-refractivity contribution in [3.63, 3.8) is 0 Å². The average molecular weight is 519 g/mol. The van der Waals surface area contributed by atoms with Crippen molar-refractivity contribution < 1.29 is 33.3 Å². The lowest BCUT2D eigenvalue weighted by molar-refractivity contribution is -0.125. The van der Waals surface area contributed by atoms with Gasteiger partial charge < -0.3 is 24.2 Å². The molecule has 196 valence electrons. The number of carbonyl (C=O) groups excluding carboxylic acids is 2. The highest BCUT2D eigenvalue weighted by Crippen LogP contribution is 2.22. The van der Waals surface area contributed by atoms with Gasteiger partial charge in [0.05, 0.1) is 14.2 Å². The molecule has 1 aromatic heterocycles. The molecule has 2 aliphatic rings. The molecule has 1 aliphatic carbocycles. The van der Waals surface area contributed by atoms with Crippen LogP contribution in [0.3, 0.4) is 0 Å². The number of hydrogen-bond donors (Lipinski definition) is 1. The molecule has 8 nitrogen and oxygen atoms in total. The third kappa shape index (κ3) is 5.67. The fourth-order valence-corrected chi connectivity index (χ4v) is 4.15. The number of methoxy groups -OCH3 is 2. The number of fused-ring (bicyclic) bond motifs is 1. The normalized spacial score (nSPS) is 14.9. The number of rotatable bonds is 8. The average Bonchev–Trinajstić information content (AvgIpc) is 3.21. The Hall–Kier alpha value is -4.66. The third-order valence-corrected chi connectivity index (χ3v) is 6.19. The van der Waals surface area contributed by atoms with Gasteiger partial charge in [-0.2, -0.15) is 0 Å². The van der Waals surface area contributed by atoms with Gasteiger partial charge >= 0.3 is 0 Å². The van der Waals surface area contributed by atoms with Crippen molar-refractivity contribution in [3.05, 3.63) is 111 Å². The molecule has 0 saturated heterocycles. The lowest BCUT2D eigenvalue weighted by atomic mass is 10.0. The van der Waals surface area contributed by atoms with Crippen molar-refractivity contribution in [3.8, 4) is 0 Å². The van der Waals surface area contributed by atoms with E-state index < -0.39 is 11.7 Å². The summed E-state index contributed by atoms with van der Waals surface area (Å²) in [5, 5.41) is 11.7. The minimum atomic E-state index is -0.629. The smallest absolute Gasteiger partial charge is 0.261 e. The summed E-state index contributed by atoms with van der Waals surface area (Å²) in [5.41, 5.74) is 1.99. The molecule has 38 heavy (non-hydrogen) atoms. The van der Waals surface area contributed by atoms with Crippen LogP contribution >= 0.6 is 0 Å². The summed E-state index contributed by atoms with van der Waals surface area (Å²) in [6, 6.07) is 7.71. The molecule has 1 N–H and O–H groups in total. The van der Waals surface area contributed by atoms with Crippen LogP contribution in [0.4, 0.5) is 4.39 Å². The van der Waals surface area contributed by atoms with Gasteiger partial charge in [0.15, 0.2) is 12.0 Å². The first-order valence-electron chi connectivity index (χ1n) is 11.8. The van der Waals surface area contributed by atoms with Crippen LogP contribution in [0.5, 0.6) is 0 Å². The number of aliphatic hydroxyl groups is 1. The Morgan fingerprint density at radius 2 is 1.95 bits per heavy atom. The molecule has 0 fully saturated rings. The number of carbonyl (C=O) groups is 2. The van der Waals surface area contributed by atoms with Crippen LogP contribution in [0.2, 0.25) is 0 Å². The van der Waals surface area contributed by atoms with Gasteiger partial charge in [0, 0.05) is 37.0 Å². The molecule has 1 amide bonds. The van der Waals surface area contributed by atoms with E-state index in [0.717, 1.165) is 11.1 Å². The monoisotopic (exact) mass is 518 g/mol. The van der Waals surface area contributed by atoms with Crippen molar-refractivity contribution >= 4 is 24.2 Å². The topological polar surface area (TPSA) is 98.2 Å². The zero-order valence-corrected chi connectivity index (χ0v) is 21.2. The van der Waals surface area contributed by atoms with Crippen molar-refractivity contribution in [2.24, 2.45) is 0 Å². The van der Waals surface area contributed by atoms with Crippen molar-refractivity contribution in [2.45, 2.75) is 12.8 Å². The van der Waals surface area contributed by atoms with E-state index in [1.807, 2.05) is 6.08 Å². The number of ether oxygens (including phenoxy) is 3. The summed E-state index contributed by atoms with van der Waals surface area (Å²) < 4.78 is 29.5. The summed E-state index contributed by atoms with van der Waals surface area (Å²) in [7, 11) is 4.66. The molecule has 0 unspecified atom stereocenters. The lowest BCUT2D eigenvalue weighted by Crippen LogP contribution is -2.35. The van der Waals surface area contributed by atoms with Crippen LogP contribution in [0.15, 0.2) is 83.2 Å². The molecule has 0 atom stereocenters. The lowest BCUT2D eigenvalue weighted by Gasteiger charge is -2.21. The molecule has 0 saturated carbocycles. The van der Waals surface area contributed by atoms with E-state index in [0.29, 0.717) is 36.2 Å². The molecule has 4 rings (SSSR count). The first kappa shape index (κ1) is 26.4. The summed E-state index contributed by atoms with van der Waals surface area (Å²) in [5.74, 6) is -0.423. The van der Waals surface area contributed by atoms with Crippen molar-refractivity contribution in [1.29, 1.82) is 0 Å². The Labute approximate surface area is 219 Å². The second-order valence-electron chi connectivity index (χ2n) is 8.68. The number of likely N-dealkylation sites (N-methyl/N-ethyl adjacent to an activating group) is 1. The van der Waals surface area contributed by atoms with E-state index in [4.69, 9.17) is 14.2 Å². The number of aldehydes is 1. The molecule has 2 heterocycles. The number of pyridine rings is 1. The van der Waals surface area contributed by atoms with E-state index in [9.17, 15) is 19.1 Å². The Kier molecular flexibility index (Phi) is 8.06. The molecular formula is C29H27FN2O6. The highest BCUT2D eigenvalue weighted by Gasteiger charge is 2.27. The Morgan fingerprint density at radius 3 is 2.63 bits per heavy atom. The zero-order valence-electron chi connectivity index (χ0n) is 21.2. The fourth-order valence-electron chi connectivity index (χ4n) is 4.15. The fraction of sp³-hybridized carbons (Fsp3) is 0.207. The predicted octanol–water partition coefficient (Wildman–Crippen LogP) is 2.55. The highest BCUT2D eigenvalue weighted by molar-refractivity contribution is 6.07. The number of allylic oxidation sites excluding steroid dienone is 3. The maximum absolute atomic E-state index is 13.6. The summed E-state index contributed by atoms with van der Waals surface area (Å²) >= 11 is 0. The van der Waals surface area contributed by atoms with Crippen LogP contribution in [-0.2, 0) is 30.2 Å². The van der Waals surface area contributed by atoms with Gasteiger partial charge in [-0.1, -0.05) is 18.2 Å². The maximum atomic E-state index is 13.6. The maximum Gasteiger partial charge on any atom is 0.261 e. The SMILES string of the molecule is COC1=CCC(OC)=C(CN(C)C(=O)C2=C(C=O)OC=c3ncc(Cc4ccc(F)cc4)cc3=C2O)C=C1. The van der Waals surface area contributed by atoms with Gasteiger partial charge in [-0.3, -0.25) is 14.6 Å². The number of aliphatic hydroxyl groups excluding tert-OH is 1. The van der Waals surface area contributed by atoms with Crippen LogP contribution in [0.25, 0.3) is 12.0 Å². The quantitative estimate of drug-likeness (QED) is 0.537. The Balaban J connectivity index is 1.69. The van der Waals surface area contributed by atoms with E-state index in [1.54, 1.807) is 57.8 Å². The van der Waals surface area contributed by atoms with E-state index in [2.05, 4.69) is 4.98 Å². The number of nitrogens with zero attached hydrogens (tertiary/aromatic N) is 2. The number of hydrogen-bond acceptors (Lipinski definition) is 7. The first-order chi connectivity index (χ1) is 18.3. The minimum Gasteiger partial charge on any atom is -0.506 e. The number of amides is 1. The zero-order chi connectivity index (χ0) is 27.2. The van der Waals surface area contributed by atoms with Crippen LogP contribution in [0.1, 0.15) is 17.5 Å². The molecule has 0 radical (unpaired) electrons. The molecule has 1 aromatic carbocycles. The first-order valence-corrected chi connectivity index (χ1v) is 11.8. The van der Waals surface area contributed by atoms with Gasteiger partial charge in [-0.15, -0.1) is 0 Å². The minimum absolute atomic E-state index is 0.131. The van der Waals surface area contributed by atoms with Crippen LogP contribution in [-0.4, -0.2) is 55.0 Å². The number of benzene rings is 1. The highest BCUT2D eigenvalue weighted by atomic mass is 19.1. The Bertz CT molecular complexity index is 1500.